The van der Waals surface area contributed by atoms with Gasteiger partial charge in [0.1, 0.15) is 12.3 Å². The van der Waals surface area contributed by atoms with Crippen LogP contribution in [0.25, 0.3) is 5.65 Å². The Labute approximate surface area is 115 Å². The molecule has 3 rings (SSSR count). The van der Waals surface area contributed by atoms with Crippen molar-refractivity contribution in [1.82, 2.24) is 14.4 Å². The van der Waals surface area contributed by atoms with Crippen LogP contribution in [0.5, 0.6) is 5.88 Å². The molecule has 3 aromatic heterocycles. The summed E-state index contributed by atoms with van der Waals surface area (Å²) in [4.78, 5) is 19.9. The predicted molar refractivity (Wildman–Crippen MR) is 73.8 cm³/mol. The van der Waals surface area contributed by atoms with Crippen molar-refractivity contribution in [2.75, 3.05) is 0 Å². The first-order valence-electron chi connectivity index (χ1n) is 6.25. The molecule has 0 spiro atoms. The van der Waals surface area contributed by atoms with Crippen LogP contribution in [0.3, 0.4) is 0 Å². The van der Waals surface area contributed by atoms with Crippen molar-refractivity contribution in [2.45, 2.75) is 13.5 Å². The maximum atomic E-state index is 11.5. The molecule has 0 aliphatic carbocycles. The zero-order chi connectivity index (χ0) is 13.9. The molecule has 0 aliphatic heterocycles. The molecule has 0 atom stereocenters. The van der Waals surface area contributed by atoms with Gasteiger partial charge in [-0.05, 0) is 25.1 Å². The van der Waals surface area contributed by atoms with E-state index in [1.54, 1.807) is 24.5 Å². The van der Waals surface area contributed by atoms with Crippen molar-refractivity contribution in [3.63, 3.8) is 0 Å². The van der Waals surface area contributed by atoms with Crippen molar-refractivity contribution in [3.8, 4) is 5.88 Å². The number of hydrogen-bond donors (Lipinski definition) is 0. The van der Waals surface area contributed by atoms with Gasteiger partial charge in [0.25, 0.3) is 0 Å². The van der Waals surface area contributed by atoms with Gasteiger partial charge in [-0.1, -0.05) is 6.07 Å². The van der Waals surface area contributed by atoms with Gasteiger partial charge in [0.15, 0.2) is 5.78 Å². The maximum Gasteiger partial charge on any atom is 0.224 e. The topological polar surface area (TPSA) is 56.5 Å². The zero-order valence-electron chi connectivity index (χ0n) is 11.0. The van der Waals surface area contributed by atoms with Gasteiger partial charge in [0, 0.05) is 30.4 Å². The number of imidazole rings is 1. The van der Waals surface area contributed by atoms with Gasteiger partial charge < -0.3 is 9.14 Å². The second kappa shape index (κ2) is 5.13. The lowest BCUT2D eigenvalue weighted by Crippen LogP contribution is -2.04. The third kappa shape index (κ3) is 2.25. The van der Waals surface area contributed by atoms with E-state index in [1.165, 1.54) is 6.92 Å². The Morgan fingerprint density at radius 1 is 1.20 bits per heavy atom. The lowest BCUT2D eigenvalue weighted by Gasteiger charge is -2.09. The molecule has 5 nitrogen and oxygen atoms in total. The monoisotopic (exact) mass is 267 g/mol. The highest BCUT2D eigenvalue weighted by molar-refractivity contribution is 5.96. The highest BCUT2D eigenvalue weighted by Gasteiger charge is 2.10. The van der Waals surface area contributed by atoms with Crippen LogP contribution in [0, 0.1) is 0 Å². The van der Waals surface area contributed by atoms with E-state index >= 15 is 0 Å². The van der Waals surface area contributed by atoms with Crippen LogP contribution >= 0.6 is 0 Å². The van der Waals surface area contributed by atoms with E-state index in [9.17, 15) is 4.79 Å². The minimum Gasteiger partial charge on any atom is -0.472 e. The number of pyridine rings is 2. The predicted octanol–water partition coefficient (Wildman–Crippen LogP) is 2.51. The summed E-state index contributed by atoms with van der Waals surface area (Å²) < 4.78 is 7.60. The Kier molecular flexibility index (Phi) is 3.16. The molecule has 0 bridgehead atoms. The van der Waals surface area contributed by atoms with E-state index in [-0.39, 0.29) is 5.78 Å². The summed E-state index contributed by atoms with van der Waals surface area (Å²) >= 11 is 0. The second-order valence-electron chi connectivity index (χ2n) is 4.39. The average molecular weight is 267 g/mol. The number of fused-ring (bicyclic) bond motifs is 1. The van der Waals surface area contributed by atoms with Crippen LogP contribution in [0.1, 0.15) is 22.8 Å². The lowest BCUT2D eigenvalue weighted by atomic mass is 10.2. The Morgan fingerprint density at radius 3 is 2.95 bits per heavy atom. The first-order valence-corrected chi connectivity index (χ1v) is 6.25. The molecular weight excluding hydrogens is 254 g/mol. The Hall–Kier alpha value is -2.69. The minimum atomic E-state index is -0.0629. The van der Waals surface area contributed by atoms with Crippen molar-refractivity contribution in [2.24, 2.45) is 0 Å². The van der Waals surface area contributed by atoms with E-state index < -0.39 is 0 Å². The first-order chi connectivity index (χ1) is 9.75. The van der Waals surface area contributed by atoms with Crippen LogP contribution in [-0.2, 0) is 6.61 Å². The number of hydrogen-bond acceptors (Lipinski definition) is 4. The molecule has 0 saturated heterocycles. The number of carbonyl (C=O) groups excluding carboxylic acids is 1. The summed E-state index contributed by atoms with van der Waals surface area (Å²) in [6.07, 6.45) is 7.15. The summed E-state index contributed by atoms with van der Waals surface area (Å²) in [6.45, 7) is 1.82. The molecule has 5 heteroatoms. The molecule has 20 heavy (non-hydrogen) atoms. The number of carbonyl (C=O) groups is 1. The van der Waals surface area contributed by atoms with E-state index in [0.29, 0.717) is 18.1 Å². The van der Waals surface area contributed by atoms with Crippen LogP contribution in [0.2, 0.25) is 0 Å². The molecule has 0 N–H and O–H groups in total. The largest absolute Gasteiger partial charge is 0.472 e. The molecule has 0 amide bonds. The molecule has 0 fully saturated rings. The third-order valence-corrected chi connectivity index (χ3v) is 3.01. The molecule has 0 unspecified atom stereocenters. The standard InChI is InChI=1S/C15H13N3O2/c1-11(19)13-5-2-6-17-15(13)20-10-12-4-3-8-18-9-7-16-14(12)18/h2-9H,10H2,1H3. The number of aromatic nitrogens is 3. The number of ether oxygens (including phenoxy) is 1. The lowest BCUT2D eigenvalue weighted by molar-refractivity contribution is 0.101. The van der Waals surface area contributed by atoms with Crippen molar-refractivity contribution in [3.05, 3.63) is 60.2 Å². The van der Waals surface area contributed by atoms with Crippen LogP contribution in [0.4, 0.5) is 0 Å². The van der Waals surface area contributed by atoms with Crippen LogP contribution in [-0.4, -0.2) is 20.2 Å². The van der Waals surface area contributed by atoms with E-state index in [2.05, 4.69) is 9.97 Å². The molecule has 100 valence electrons. The Balaban J connectivity index is 1.87. The van der Waals surface area contributed by atoms with Crippen molar-refractivity contribution in [1.29, 1.82) is 0 Å². The van der Waals surface area contributed by atoms with Crippen LogP contribution in [0.15, 0.2) is 49.1 Å². The number of ketones is 1. The fourth-order valence-electron chi connectivity index (χ4n) is 2.04. The molecule has 0 radical (unpaired) electrons. The van der Waals surface area contributed by atoms with Crippen molar-refractivity contribution < 1.29 is 9.53 Å². The minimum absolute atomic E-state index is 0.0629. The molecular formula is C15H13N3O2. The Bertz CT molecular complexity index is 764. The molecule has 3 heterocycles. The number of Topliss-reactive ketones (excluding diaryl/α,β-unsaturated/α-hetero) is 1. The summed E-state index contributed by atoms with van der Waals surface area (Å²) in [5.74, 6) is 0.292. The molecule has 0 aromatic carbocycles. The fourth-order valence-corrected chi connectivity index (χ4v) is 2.04. The summed E-state index contributed by atoms with van der Waals surface area (Å²) in [5.41, 5.74) is 2.27. The number of nitrogens with zero attached hydrogens (tertiary/aromatic N) is 3. The highest BCUT2D eigenvalue weighted by atomic mass is 16.5. The summed E-state index contributed by atoms with van der Waals surface area (Å²) in [5, 5.41) is 0. The summed E-state index contributed by atoms with van der Waals surface area (Å²) in [7, 11) is 0. The van der Waals surface area contributed by atoms with Gasteiger partial charge in [-0.15, -0.1) is 0 Å². The van der Waals surface area contributed by atoms with E-state index in [0.717, 1.165) is 11.2 Å². The molecule has 0 aliphatic rings. The van der Waals surface area contributed by atoms with Gasteiger partial charge in [-0.3, -0.25) is 4.79 Å². The van der Waals surface area contributed by atoms with Crippen molar-refractivity contribution >= 4 is 11.4 Å². The summed E-state index contributed by atoms with van der Waals surface area (Å²) in [6, 6.07) is 7.30. The van der Waals surface area contributed by atoms with Gasteiger partial charge in [-0.25, -0.2) is 9.97 Å². The van der Waals surface area contributed by atoms with Gasteiger partial charge in [0.2, 0.25) is 5.88 Å². The number of rotatable bonds is 4. The zero-order valence-corrected chi connectivity index (χ0v) is 11.0. The average Bonchev–Trinajstić information content (AvgIpc) is 2.94. The second-order valence-corrected chi connectivity index (χ2v) is 4.39. The molecule has 3 aromatic rings. The van der Waals surface area contributed by atoms with E-state index in [4.69, 9.17) is 4.74 Å². The SMILES string of the molecule is CC(=O)c1cccnc1OCc1cccn2ccnc12. The van der Waals surface area contributed by atoms with Gasteiger partial charge in [-0.2, -0.15) is 0 Å². The van der Waals surface area contributed by atoms with E-state index in [1.807, 2.05) is 28.9 Å². The highest BCUT2D eigenvalue weighted by Crippen LogP contribution is 2.17. The first kappa shape index (κ1) is 12.3. The van der Waals surface area contributed by atoms with Crippen LogP contribution < -0.4 is 4.74 Å². The fraction of sp³-hybridized carbons (Fsp3) is 0.133. The molecule has 0 saturated carbocycles. The maximum absolute atomic E-state index is 11.5. The Morgan fingerprint density at radius 2 is 2.10 bits per heavy atom. The normalized spacial score (nSPS) is 10.7. The van der Waals surface area contributed by atoms with Gasteiger partial charge in [0.05, 0.1) is 5.56 Å². The quantitative estimate of drug-likeness (QED) is 0.681. The smallest absolute Gasteiger partial charge is 0.224 e. The van der Waals surface area contributed by atoms with Gasteiger partial charge >= 0.3 is 0 Å². The third-order valence-electron chi connectivity index (χ3n) is 3.01.